The number of hydrogen-bond acceptors (Lipinski definition) is 5. The van der Waals surface area contributed by atoms with Crippen molar-refractivity contribution in [1.82, 2.24) is 15.2 Å². The van der Waals surface area contributed by atoms with E-state index in [-0.39, 0.29) is 12.2 Å². The van der Waals surface area contributed by atoms with E-state index in [0.29, 0.717) is 23.1 Å². The summed E-state index contributed by atoms with van der Waals surface area (Å²) in [5.74, 6) is 0.520. The summed E-state index contributed by atoms with van der Waals surface area (Å²) in [5.41, 5.74) is -0.248. The zero-order chi connectivity index (χ0) is 10.7. The number of rotatable bonds is 3. The Morgan fingerprint density at radius 2 is 2.33 bits per heavy atom. The number of aromatic amines is 1. The smallest absolute Gasteiger partial charge is 0.272 e. The molecule has 6 heteroatoms. The molecule has 0 aliphatic heterocycles. The van der Waals surface area contributed by atoms with Crippen molar-refractivity contribution in [2.45, 2.75) is 0 Å². The lowest BCUT2D eigenvalue weighted by Gasteiger charge is -2.05. The average Bonchev–Trinajstić information content (AvgIpc) is 2.29. The highest BCUT2D eigenvalue weighted by Gasteiger charge is 2.04. The largest absolute Gasteiger partial charge is 0.395 e. The molecule has 0 aliphatic rings. The van der Waals surface area contributed by atoms with Crippen LogP contribution in [0, 0.1) is 0 Å². The summed E-state index contributed by atoms with van der Waals surface area (Å²) in [5, 5.41) is 19.0. The van der Waals surface area contributed by atoms with Gasteiger partial charge in [0, 0.05) is 24.3 Å². The molecule has 2 rings (SSSR count). The second kappa shape index (κ2) is 4.05. The van der Waals surface area contributed by atoms with Gasteiger partial charge in [-0.1, -0.05) is 0 Å². The Kier molecular flexibility index (Phi) is 2.59. The molecule has 3 N–H and O–H groups in total. The quantitative estimate of drug-likeness (QED) is 0.642. The van der Waals surface area contributed by atoms with Gasteiger partial charge in [-0.05, 0) is 6.07 Å². The average molecular weight is 206 g/mol. The molecule has 2 aromatic rings. The van der Waals surface area contributed by atoms with Crippen LogP contribution in [-0.2, 0) is 0 Å². The Bertz CT molecular complexity index is 523. The third kappa shape index (κ3) is 1.79. The summed E-state index contributed by atoms with van der Waals surface area (Å²) in [7, 11) is 0. The van der Waals surface area contributed by atoms with E-state index in [1.807, 2.05) is 0 Å². The predicted octanol–water partition coefficient (Wildman–Crippen LogP) is -0.278. The number of nitrogens with one attached hydrogen (secondary N) is 2. The maximum absolute atomic E-state index is 11.4. The summed E-state index contributed by atoms with van der Waals surface area (Å²) < 4.78 is 0. The fraction of sp³-hybridized carbons (Fsp3) is 0.222. The van der Waals surface area contributed by atoms with E-state index in [0.717, 1.165) is 0 Å². The number of aliphatic hydroxyl groups excluding tert-OH is 1. The van der Waals surface area contributed by atoms with Crippen LogP contribution in [0.25, 0.3) is 10.8 Å². The molecule has 78 valence electrons. The van der Waals surface area contributed by atoms with Gasteiger partial charge in [0.1, 0.15) is 0 Å². The second-order valence-electron chi connectivity index (χ2n) is 2.97. The number of hydrogen-bond donors (Lipinski definition) is 3. The summed E-state index contributed by atoms with van der Waals surface area (Å²) in [6.07, 6.45) is 3.12. The Balaban J connectivity index is 2.56. The lowest BCUT2D eigenvalue weighted by Crippen LogP contribution is -2.14. The molecule has 0 aromatic carbocycles. The monoisotopic (exact) mass is 206 g/mol. The van der Waals surface area contributed by atoms with Gasteiger partial charge < -0.3 is 10.4 Å². The van der Waals surface area contributed by atoms with E-state index in [9.17, 15) is 4.79 Å². The third-order valence-electron chi connectivity index (χ3n) is 1.99. The van der Waals surface area contributed by atoms with E-state index in [4.69, 9.17) is 5.11 Å². The van der Waals surface area contributed by atoms with Gasteiger partial charge in [-0.25, -0.2) is 5.10 Å². The zero-order valence-electron chi connectivity index (χ0n) is 7.90. The molecular weight excluding hydrogens is 196 g/mol. The van der Waals surface area contributed by atoms with Crippen molar-refractivity contribution in [2.24, 2.45) is 0 Å². The minimum atomic E-state index is -0.248. The topological polar surface area (TPSA) is 90.9 Å². The van der Waals surface area contributed by atoms with Gasteiger partial charge in [-0.3, -0.25) is 9.78 Å². The normalized spacial score (nSPS) is 10.5. The number of fused-ring (bicyclic) bond motifs is 1. The van der Waals surface area contributed by atoms with Crippen LogP contribution in [0.1, 0.15) is 0 Å². The van der Waals surface area contributed by atoms with Gasteiger partial charge in [0.25, 0.3) is 5.56 Å². The van der Waals surface area contributed by atoms with E-state index in [2.05, 4.69) is 20.5 Å². The Labute approximate surface area is 85.0 Å². The molecule has 0 fully saturated rings. The molecule has 2 aromatic heterocycles. The molecule has 0 unspecified atom stereocenters. The molecule has 0 aliphatic carbocycles. The van der Waals surface area contributed by atoms with E-state index >= 15 is 0 Å². The zero-order valence-corrected chi connectivity index (χ0v) is 7.90. The van der Waals surface area contributed by atoms with Crippen molar-refractivity contribution in [3.05, 3.63) is 28.8 Å². The van der Waals surface area contributed by atoms with E-state index in [1.165, 1.54) is 0 Å². The van der Waals surface area contributed by atoms with E-state index in [1.54, 1.807) is 18.5 Å². The number of pyridine rings is 1. The van der Waals surface area contributed by atoms with Gasteiger partial charge >= 0.3 is 0 Å². The number of nitrogens with zero attached hydrogens (tertiary/aromatic N) is 2. The number of anilines is 1. The molecule has 0 atom stereocenters. The molecule has 0 saturated heterocycles. The van der Waals surface area contributed by atoms with Crippen molar-refractivity contribution >= 4 is 16.6 Å². The maximum Gasteiger partial charge on any atom is 0.272 e. The Morgan fingerprint density at radius 3 is 3.13 bits per heavy atom. The van der Waals surface area contributed by atoms with E-state index < -0.39 is 0 Å². The first-order valence-corrected chi connectivity index (χ1v) is 4.50. The predicted molar refractivity (Wildman–Crippen MR) is 55.7 cm³/mol. The second-order valence-corrected chi connectivity index (χ2v) is 2.97. The van der Waals surface area contributed by atoms with Crippen LogP contribution in [0.15, 0.2) is 23.3 Å². The van der Waals surface area contributed by atoms with Crippen LogP contribution in [0.2, 0.25) is 0 Å². The minimum absolute atomic E-state index is 0.00254. The first-order chi connectivity index (χ1) is 7.33. The van der Waals surface area contributed by atoms with Crippen molar-refractivity contribution in [1.29, 1.82) is 0 Å². The minimum Gasteiger partial charge on any atom is -0.395 e. The summed E-state index contributed by atoms with van der Waals surface area (Å²) in [6.45, 7) is 0.381. The number of aromatic nitrogens is 3. The number of aliphatic hydroxyl groups is 1. The highest BCUT2D eigenvalue weighted by atomic mass is 16.3. The lowest BCUT2D eigenvalue weighted by molar-refractivity contribution is 0.311. The molecule has 0 amide bonds. The van der Waals surface area contributed by atoms with Crippen LogP contribution in [0.3, 0.4) is 0 Å². The highest BCUT2D eigenvalue weighted by molar-refractivity contribution is 5.89. The summed E-state index contributed by atoms with van der Waals surface area (Å²) >= 11 is 0. The molecule has 2 heterocycles. The molecule has 0 radical (unpaired) electrons. The Hall–Kier alpha value is -1.95. The molecular formula is C9H10N4O2. The van der Waals surface area contributed by atoms with Crippen molar-refractivity contribution in [3.8, 4) is 0 Å². The van der Waals surface area contributed by atoms with Gasteiger partial charge in [0.2, 0.25) is 0 Å². The molecule has 0 bridgehead atoms. The van der Waals surface area contributed by atoms with Crippen LogP contribution in [0.4, 0.5) is 5.82 Å². The standard InChI is InChI=1S/C9H10N4O2/c14-4-3-11-8-7-5-10-2-1-6(7)9(15)13-12-8/h1-2,5,14H,3-4H2,(H,11,12)(H,13,15). The summed E-state index contributed by atoms with van der Waals surface area (Å²) in [6, 6.07) is 1.62. The highest BCUT2D eigenvalue weighted by Crippen LogP contribution is 2.14. The van der Waals surface area contributed by atoms with Gasteiger partial charge in [-0.2, -0.15) is 5.10 Å². The van der Waals surface area contributed by atoms with Crippen LogP contribution >= 0.6 is 0 Å². The van der Waals surface area contributed by atoms with Crippen molar-refractivity contribution in [2.75, 3.05) is 18.5 Å². The molecule has 0 saturated carbocycles. The van der Waals surface area contributed by atoms with Gasteiger partial charge in [0.15, 0.2) is 5.82 Å². The Morgan fingerprint density at radius 1 is 1.47 bits per heavy atom. The van der Waals surface area contributed by atoms with Crippen molar-refractivity contribution in [3.63, 3.8) is 0 Å². The summed E-state index contributed by atoms with van der Waals surface area (Å²) in [4.78, 5) is 15.3. The molecule has 15 heavy (non-hydrogen) atoms. The first kappa shape index (κ1) is 9.60. The maximum atomic E-state index is 11.4. The fourth-order valence-corrected chi connectivity index (χ4v) is 1.32. The SMILES string of the molecule is O=c1[nH]nc(NCCO)c2cnccc12. The van der Waals surface area contributed by atoms with Crippen LogP contribution in [-0.4, -0.2) is 33.4 Å². The fourth-order valence-electron chi connectivity index (χ4n) is 1.32. The van der Waals surface area contributed by atoms with Gasteiger partial charge in [-0.15, -0.1) is 0 Å². The van der Waals surface area contributed by atoms with Gasteiger partial charge in [0.05, 0.1) is 12.0 Å². The first-order valence-electron chi connectivity index (χ1n) is 4.50. The third-order valence-corrected chi connectivity index (χ3v) is 1.99. The molecule has 6 nitrogen and oxygen atoms in total. The van der Waals surface area contributed by atoms with Crippen LogP contribution in [0.5, 0.6) is 0 Å². The number of H-pyrrole nitrogens is 1. The van der Waals surface area contributed by atoms with Crippen molar-refractivity contribution < 1.29 is 5.11 Å². The molecule has 0 spiro atoms. The lowest BCUT2D eigenvalue weighted by atomic mass is 10.2. The van der Waals surface area contributed by atoms with Crippen LogP contribution < -0.4 is 10.9 Å².